The number of rotatable bonds is 2. The van der Waals surface area contributed by atoms with Crippen LogP contribution in [0.3, 0.4) is 0 Å². The van der Waals surface area contributed by atoms with Crippen molar-refractivity contribution in [2.24, 2.45) is 0 Å². The topological polar surface area (TPSA) is 50.4 Å². The van der Waals surface area contributed by atoms with Gasteiger partial charge in [-0.25, -0.2) is 0 Å². The van der Waals surface area contributed by atoms with Crippen LogP contribution in [-0.4, -0.2) is 31.2 Å². The van der Waals surface area contributed by atoms with Crippen molar-refractivity contribution in [2.45, 2.75) is 31.8 Å². The summed E-state index contributed by atoms with van der Waals surface area (Å²) in [5, 5.41) is 6.43. The first-order valence-corrected chi connectivity index (χ1v) is 6.89. The molecule has 19 heavy (non-hydrogen) atoms. The molecule has 4 nitrogen and oxygen atoms in total. The van der Waals surface area contributed by atoms with Crippen LogP contribution in [0.5, 0.6) is 0 Å². The zero-order chi connectivity index (χ0) is 13.3. The Balaban J connectivity index is 1.76. The first-order valence-electron chi connectivity index (χ1n) is 6.89. The van der Waals surface area contributed by atoms with Crippen LogP contribution in [0.1, 0.15) is 34.8 Å². The fraction of sp³-hybridized carbons (Fsp3) is 0.533. The predicted octanol–water partition coefficient (Wildman–Crippen LogP) is 1.24. The molecule has 2 N–H and O–H groups in total. The molecule has 1 unspecified atom stereocenters. The molecule has 3 rings (SSSR count). The number of carbonyl (C=O) groups is 1. The molecule has 2 heterocycles. The van der Waals surface area contributed by atoms with E-state index in [0.717, 1.165) is 38.1 Å². The summed E-state index contributed by atoms with van der Waals surface area (Å²) in [6, 6.07) is 6.02. The van der Waals surface area contributed by atoms with Gasteiger partial charge in [-0.2, -0.15) is 0 Å². The summed E-state index contributed by atoms with van der Waals surface area (Å²) in [5.41, 5.74) is 3.12. The van der Waals surface area contributed by atoms with Gasteiger partial charge < -0.3 is 15.4 Å². The van der Waals surface area contributed by atoms with Gasteiger partial charge in [0, 0.05) is 18.7 Å². The van der Waals surface area contributed by atoms with Crippen LogP contribution >= 0.6 is 0 Å². The maximum absolute atomic E-state index is 12.3. The largest absolute Gasteiger partial charge is 0.379 e. The highest BCUT2D eigenvalue weighted by Gasteiger charge is 2.31. The third kappa shape index (κ3) is 2.65. The van der Waals surface area contributed by atoms with E-state index in [-0.39, 0.29) is 11.4 Å². The lowest BCUT2D eigenvalue weighted by Gasteiger charge is -2.24. The maximum Gasteiger partial charge on any atom is 0.251 e. The molecule has 1 saturated heterocycles. The first kappa shape index (κ1) is 12.6. The highest BCUT2D eigenvalue weighted by molar-refractivity contribution is 5.95. The van der Waals surface area contributed by atoms with E-state index < -0.39 is 0 Å². The number of nitrogens with one attached hydrogen (secondary N) is 2. The second kappa shape index (κ2) is 4.94. The summed E-state index contributed by atoms with van der Waals surface area (Å²) < 4.78 is 5.36. The third-order valence-electron chi connectivity index (χ3n) is 3.99. The Morgan fingerprint density at radius 1 is 1.42 bits per heavy atom. The van der Waals surface area contributed by atoms with Crippen molar-refractivity contribution in [1.82, 2.24) is 10.6 Å². The standard InChI is InChI=1S/C15H20N2O2/c1-15(5-7-19-10-15)17-14(18)12-3-2-11-4-6-16-9-13(11)8-12/h2-3,8,16H,4-7,9-10H2,1H3,(H,17,18). The molecule has 2 aliphatic heterocycles. The summed E-state index contributed by atoms with van der Waals surface area (Å²) in [7, 11) is 0. The van der Waals surface area contributed by atoms with Crippen LogP contribution in [0, 0.1) is 0 Å². The molecule has 1 aromatic carbocycles. The fourth-order valence-corrected chi connectivity index (χ4v) is 2.73. The van der Waals surface area contributed by atoms with Crippen molar-refractivity contribution >= 4 is 5.91 Å². The number of hydrogen-bond acceptors (Lipinski definition) is 3. The van der Waals surface area contributed by atoms with E-state index in [1.165, 1.54) is 11.1 Å². The van der Waals surface area contributed by atoms with Crippen molar-refractivity contribution in [3.05, 3.63) is 34.9 Å². The average molecular weight is 260 g/mol. The van der Waals surface area contributed by atoms with Gasteiger partial charge in [-0.05, 0) is 49.6 Å². The van der Waals surface area contributed by atoms with E-state index in [4.69, 9.17) is 4.74 Å². The maximum atomic E-state index is 12.3. The van der Waals surface area contributed by atoms with Gasteiger partial charge in [0.2, 0.25) is 0 Å². The van der Waals surface area contributed by atoms with E-state index >= 15 is 0 Å². The minimum Gasteiger partial charge on any atom is -0.379 e. The number of ether oxygens (including phenoxy) is 1. The molecule has 0 aliphatic carbocycles. The van der Waals surface area contributed by atoms with Crippen LogP contribution in [0.2, 0.25) is 0 Å². The molecule has 0 aromatic heterocycles. The molecule has 1 fully saturated rings. The van der Waals surface area contributed by atoms with E-state index in [0.29, 0.717) is 6.61 Å². The Labute approximate surface area is 113 Å². The third-order valence-corrected chi connectivity index (χ3v) is 3.99. The van der Waals surface area contributed by atoms with Crippen molar-refractivity contribution in [3.63, 3.8) is 0 Å². The van der Waals surface area contributed by atoms with Crippen molar-refractivity contribution in [1.29, 1.82) is 0 Å². The molecule has 102 valence electrons. The summed E-state index contributed by atoms with van der Waals surface area (Å²) in [5.74, 6) is 0.00127. The molecule has 1 amide bonds. The predicted molar refractivity (Wildman–Crippen MR) is 73.2 cm³/mol. The lowest BCUT2D eigenvalue weighted by molar-refractivity contribution is 0.0889. The summed E-state index contributed by atoms with van der Waals surface area (Å²) in [4.78, 5) is 12.3. The van der Waals surface area contributed by atoms with Gasteiger partial charge in [0.1, 0.15) is 0 Å². The Morgan fingerprint density at radius 3 is 3.11 bits per heavy atom. The smallest absolute Gasteiger partial charge is 0.251 e. The lowest BCUT2D eigenvalue weighted by atomic mass is 9.97. The van der Waals surface area contributed by atoms with Crippen molar-refractivity contribution < 1.29 is 9.53 Å². The zero-order valence-corrected chi connectivity index (χ0v) is 11.3. The van der Waals surface area contributed by atoms with Gasteiger partial charge in [-0.1, -0.05) is 6.07 Å². The van der Waals surface area contributed by atoms with Gasteiger partial charge in [0.15, 0.2) is 0 Å². The van der Waals surface area contributed by atoms with E-state index in [1.54, 1.807) is 0 Å². The van der Waals surface area contributed by atoms with Gasteiger partial charge in [-0.15, -0.1) is 0 Å². The number of amides is 1. The van der Waals surface area contributed by atoms with Gasteiger partial charge in [-0.3, -0.25) is 4.79 Å². The van der Waals surface area contributed by atoms with E-state index in [2.05, 4.69) is 16.7 Å². The van der Waals surface area contributed by atoms with E-state index in [9.17, 15) is 4.79 Å². The number of carbonyl (C=O) groups excluding carboxylic acids is 1. The fourth-order valence-electron chi connectivity index (χ4n) is 2.73. The van der Waals surface area contributed by atoms with Crippen LogP contribution in [0.25, 0.3) is 0 Å². The van der Waals surface area contributed by atoms with E-state index in [1.807, 2.05) is 19.1 Å². The minimum absolute atomic E-state index is 0.00127. The van der Waals surface area contributed by atoms with Crippen molar-refractivity contribution in [2.75, 3.05) is 19.8 Å². The molecule has 0 saturated carbocycles. The Kier molecular flexibility index (Phi) is 3.29. The SMILES string of the molecule is CC1(NC(=O)c2ccc3c(c2)CNCC3)CCOC1. The number of benzene rings is 1. The summed E-state index contributed by atoms with van der Waals surface area (Å²) in [6.07, 6.45) is 1.92. The van der Waals surface area contributed by atoms with Gasteiger partial charge >= 0.3 is 0 Å². The summed E-state index contributed by atoms with van der Waals surface area (Å²) in [6.45, 7) is 5.25. The molecular formula is C15H20N2O2. The molecule has 1 aromatic rings. The monoisotopic (exact) mass is 260 g/mol. The average Bonchev–Trinajstić information content (AvgIpc) is 2.84. The highest BCUT2D eigenvalue weighted by Crippen LogP contribution is 2.20. The molecule has 0 spiro atoms. The molecule has 2 aliphatic rings. The number of fused-ring (bicyclic) bond motifs is 1. The van der Waals surface area contributed by atoms with Crippen LogP contribution < -0.4 is 10.6 Å². The second-order valence-corrected chi connectivity index (χ2v) is 5.73. The number of hydrogen-bond donors (Lipinski definition) is 2. The Bertz CT molecular complexity index is 493. The molecule has 4 heteroatoms. The highest BCUT2D eigenvalue weighted by atomic mass is 16.5. The molecule has 0 bridgehead atoms. The quantitative estimate of drug-likeness (QED) is 0.841. The molecule has 1 atom stereocenters. The first-order chi connectivity index (χ1) is 9.16. The zero-order valence-electron chi connectivity index (χ0n) is 11.3. The Hall–Kier alpha value is -1.39. The molecular weight excluding hydrogens is 240 g/mol. The molecule has 0 radical (unpaired) electrons. The summed E-state index contributed by atoms with van der Waals surface area (Å²) >= 11 is 0. The van der Waals surface area contributed by atoms with Crippen molar-refractivity contribution in [3.8, 4) is 0 Å². The minimum atomic E-state index is -0.217. The van der Waals surface area contributed by atoms with Gasteiger partial charge in [0.05, 0.1) is 12.1 Å². The lowest BCUT2D eigenvalue weighted by Crippen LogP contribution is -2.46. The second-order valence-electron chi connectivity index (χ2n) is 5.73. The van der Waals surface area contributed by atoms with Gasteiger partial charge in [0.25, 0.3) is 5.91 Å². The normalized spacial score (nSPS) is 25.9. The van der Waals surface area contributed by atoms with Crippen LogP contribution in [-0.2, 0) is 17.7 Å². The van der Waals surface area contributed by atoms with Crippen LogP contribution in [0.15, 0.2) is 18.2 Å². The van der Waals surface area contributed by atoms with Crippen LogP contribution in [0.4, 0.5) is 0 Å². The Morgan fingerprint density at radius 2 is 2.32 bits per heavy atom.